The predicted octanol–water partition coefficient (Wildman–Crippen LogP) is 3.69. The van der Waals surface area contributed by atoms with Gasteiger partial charge in [0.05, 0.1) is 0 Å². The number of aryl methyl sites for hydroxylation is 1. The molecule has 0 saturated carbocycles. The third-order valence-corrected chi connectivity index (χ3v) is 5.10. The van der Waals surface area contributed by atoms with E-state index in [4.69, 9.17) is 11.2 Å². The van der Waals surface area contributed by atoms with E-state index >= 15 is 0 Å². The van der Waals surface area contributed by atoms with Gasteiger partial charge in [0.2, 0.25) is 5.91 Å². The van der Waals surface area contributed by atoms with E-state index in [1.165, 1.54) is 0 Å². The van der Waals surface area contributed by atoms with Gasteiger partial charge in [0.25, 0.3) is 5.91 Å². The van der Waals surface area contributed by atoms with Crippen LogP contribution in [0.5, 0.6) is 5.75 Å². The lowest BCUT2D eigenvalue weighted by Crippen LogP contribution is -2.38. The summed E-state index contributed by atoms with van der Waals surface area (Å²) in [7, 11) is 0. The Labute approximate surface area is 191 Å². The number of benzene rings is 3. The van der Waals surface area contributed by atoms with Crippen molar-refractivity contribution in [3.63, 3.8) is 0 Å². The molecule has 2 N–H and O–H groups in total. The van der Waals surface area contributed by atoms with E-state index in [1.807, 2.05) is 49.4 Å². The molecule has 0 aliphatic carbocycles. The van der Waals surface area contributed by atoms with Crippen LogP contribution in [0.1, 0.15) is 11.1 Å². The first kappa shape index (κ1) is 21.7. The van der Waals surface area contributed by atoms with Crippen LogP contribution in [0.15, 0.2) is 66.4 Å². The van der Waals surface area contributed by atoms with Crippen molar-refractivity contribution in [2.24, 2.45) is 0 Å². The summed E-state index contributed by atoms with van der Waals surface area (Å²) in [6, 6.07) is 17.8. The minimum Gasteiger partial charge on any atom is -0.480 e. The van der Waals surface area contributed by atoms with Gasteiger partial charge in [-0.2, -0.15) is 0 Å². The smallest absolute Gasteiger partial charge is 0.329 e. The molecule has 4 amide bonds. The molecule has 0 radical (unpaired) electrons. The topological polar surface area (TPSA) is 87.7 Å². The van der Waals surface area contributed by atoms with Crippen LogP contribution in [0.2, 0.25) is 0 Å². The largest absolute Gasteiger partial charge is 0.480 e. The number of hydrogen-bond acceptors (Lipinski definition) is 4. The number of terminal acetylenes is 1. The van der Waals surface area contributed by atoms with Crippen molar-refractivity contribution >= 4 is 40.4 Å². The van der Waals surface area contributed by atoms with Crippen molar-refractivity contribution in [3.8, 4) is 18.1 Å². The molecule has 7 nitrogen and oxygen atoms in total. The van der Waals surface area contributed by atoms with Gasteiger partial charge in [0.15, 0.2) is 0 Å². The van der Waals surface area contributed by atoms with Crippen LogP contribution in [-0.2, 0) is 9.59 Å². The molecule has 1 saturated heterocycles. The zero-order chi connectivity index (χ0) is 23.4. The van der Waals surface area contributed by atoms with Gasteiger partial charge in [-0.15, -0.1) is 6.42 Å². The van der Waals surface area contributed by atoms with Gasteiger partial charge in [-0.25, -0.2) is 9.69 Å². The van der Waals surface area contributed by atoms with Gasteiger partial charge in [-0.05, 0) is 47.5 Å². The van der Waals surface area contributed by atoms with E-state index in [2.05, 4.69) is 16.6 Å². The molecule has 4 rings (SSSR count). The number of fused-ring (bicyclic) bond motifs is 1. The number of carbonyl (C=O) groups excluding carboxylic acids is 3. The van der Waals surface area contributed by atoms with Gasteiger partial charge < -0.3 is 15.4 Å². The molecular formula is C26H21N3O4. The first-order chi connectivity index (χ1) is 16.0. The van der Waals surface area contributed by atoms with Gasteiger partial charge in [0.1, 0.15) is 24.6 Å². The molecule has 0 spiro atoms. The Morgan fingerprint density at radius 2 is 1.97 bits per heavy atom. The van der Waals surface area contributed by atoms with E-state index in [-0.39, 0.29) is 12.3 Å². The lowest BCUT2D eigenvalue weighted by Gasteiger charge is -2.12. The normalized spacial score (nSPS) is 14.3. The lowest BCUT2D eigenvalue weighted by atomic mass is 10.0. The van der Waals surface area contributed by atoms with Crippen LogP contribution in [0.4, 0.5) is 10.5 Å². The summed E-state index contributed by atoms with van der Waals surface area (Å²) >= 11 is 0. The zero-order valence-electron chi connectivity index (χ0n) is 17.9. The molecule has 3 aromatic carbocycles. The number of rotatable bonds is 6. The highest BCUT2D eigenvalue weighted by Crippen LogP contribution is 2.31. The fraction of sp³-hybridized carbons (Fsp3) is 0.115. The zero-order valence-corrected chi connectivity index (χ0v) is 17.9. The molecule has 3 aromatic rings. The van der Waals surface area contributed by atoms with E-state index in [0.29, 0.717) is 17.0 Å². The summed E-state index contributed by atoms with van der Waals surface area (Å²) in [6.07, 6.45) is 6.87. The predicted molar refractivity (Wildman–Crippen MR) is 126 cm³/mol. The minimum atomic E-state index is -0.669. The number of carbonyl (C=O) groups is 3. The van der Waals surface area contributed by atoms with E-state index in [0.717, 1.165) is 21.2 Å². The van der Waals surface area contributed by atoms with Crippen molar-refractivity contribution in [1.29, 1.82) is 0 Å². The Bertz CT molecular complexity index is 1340. The fourth-order valence-electron chi connectivity index (χ4n) is 3.60. The maximum absolute atomic E-state index is 12.9. The maximum atomic E-state index is 12.9. The minimum absolute atomic E-state index is 0.0465. The summed E-state index contributed by atoms with van der Waals surface area (Å²) in [5.74, 6) is 1.82. The number of hydrogen-bond donors (Lipinski definition) is 2. The SMILES string of the molecule is C#CCOc1ccc2ccccc2c1/C=C1/NC(=O)N(CC(=O)Nc2cccc(C)c2)C1=O. The van der Waals surface area contributed by atoms with Gasteiger partial charge in [-0.3, -0.25) is 9.59 Å². The molecule has 1 heterocycles. The molecule has 33 heavy (non-hydrogen) atoms. The number of anilines is 1. The third kappa shape index (κ3) is 4.70. The van der Waals surface area contributed by atoms with Gasteiger partial charge >= 0.3 is 6.03 Å². The monoisotopic (exact) mass is 439 g/mol. The number of ether oxygens (including phenoxy) is 1. The van der Waals surface area contributed by atoms with Crippen LogP contribution in [0, 0.1) is 19.3 Å². The maximum Gasteiger partial charge on any atom is 0.329 e. The Morgan fingerprint density at radius 3 is 2.76 bits per heavy atom. The molecule has 1 aliphatic heterocycles. The van der Waals surface area contributed by atoms with Gasteiger partial charge in [0, 0.05) is 11.3 Å². The molecule has 164 valence electrons. The second-order valence-corrected chi connectivity index (χ2v) is 7.49. The third-order valence-electron chi connectivity index (χ3n) is 5.10. The summed E-state index contributed by atoms with van der Waals surface area (Å²) in [5, 5.41) is 7.02. The molecule has 1 aliphatic rings. The van der Waals surface area contributed by atoms with E-state index < -0.39 is 24.4 Å². The molecular weight excluding hydrogens is 418 g/mol. The Hall–Kier alpha value is -4.57. The van der Waals surface area contributed by atoms with Crippen molar-refractivity contribution in [2.45, 2.75) is 6.92 Å². The number of nitrogens with one attached hydrogen (secondary N) is 2. The van der Waals surface area contributed by atoms with Gasteiger partial charge in [-0.1, -0.05) is 48.4 Å². The van der Waals surface area contributed by atoms with Crippen LogP contribution < -0.4 is 15.4 Å². The molecule has 0 atom stereocenters. The van der Waals surface area contributed by atoms with E-state index in [1.54, 1.807) is 24.3 Å². The van der Waals surface area contributed by atoms with Crippen LogP contribution in [-0.4, -0.2) is 35.9 Å². The van der Waals surface area contributed by atoms with Crippen molar-refractivity contribution in [3.05, 3.63) is 77.5 Å². The standard InChI is InChI=1S/C26H21N3O4/c1-3-13-33-23-12-11-18-8-4-5-10-20(18)21(23)15-22-25(31)29(26(32)28-22)16-24(30)27-19-9-6-7-17(2)14-19/h1,4-12,14-15H,13,16H2,2H3,(H,27,30)(H,28,32)/b22-15+. The van der Waals surface area contributed by atoms with Crippen LogP contribution >= 0.6 is 0 Å². The fourth-order valence-corrected chi connectivity index (χ4v) is 3.60. The van der Waals surface area contributed by atoms with E-state index in [9.17, 15) is 14.4 Å². The summed E-state index contributed by atoms with van der Waals surface area (Å²) < 4.78 is 5.65. The second kappa shape index (κ2) is 9.28. The Kier molecular flexibility index (Phi) is 6.09. The number of imide groups is 1. The summed E-state index contributed by atoms with van der Waals surface area (Å²) in [4.78, 5) is 38.7. The highest BCUT2D eigenvalue weighted by molar-refractivity contribution is 6.16. The second-order valence-electron chi connectivity index (χ2n) is 7.49. The Morgan fingerprint density at radius 1 is 1.15 bits per heavy atom. The van der Waals surface area contributed by atoms with Crippen LogP contribution in [0.25, 0.3) is 16.8 Å². The number of urea groups is 1. The van der Waals surface area contributed by atoms with Crippen LogP contribution in [0.3, 0.4) is 0 Å². The van der Waals surface area contributed by atoms with Crippen molar-refractivity contribution < 1.29 is 19.1 Å². The highest BCUT2D eigenvalue weighted by atomic mass is 16.5. The van der Waals surface area contributed by atoms with Crippen molar-refractivity contribution in [2.75, 3.05) is 18.5 Å². The first-order valence-electron chi connectivity index (χ1n) is 10.3. The van der Waals surface area contributed by atoms with Crippen molar-refractivity contribution in [1.82, 2.24) is 10.2 Å². The number of nitrogens with zero attached hydrogens (tertiary/aromatic N) is 1. The molecule has 0 bridgehead atoms. The quantitative estimate of drug-likeness (QED) is 0.348. The first-order valence-corrected chi connectivity index (χ1v) is 10.3. The molecule has 0 unspecified atom stereocenters. The number of amides is 4. The molecule has 0 aromatic heterocycles. The Balaban J connectivity index is 1.59. The summed E-state index contributed by atoms with van der Waals surface area (Å²) in [5.41, 5.74) is 2.23. The summed E-state index contributed by atoms with van der Waals surface area (Å²) in [6.45, 7) is 1.55. The average Bonchev–Trinajstić information content (AvgIpc) is 3.06. The lowest BCUT2D eigenvalue weighted by molar-refractivity contribution is -0.127. The molecule has 7 heteroatoms. The highest BCUT2D eigenvalue weighted by Gasteiger charge is 2.35. The molecule has 1 fully saturated rings. The average molecular weight is 439 g/mol.